The first kappa shape index (κ1) is 27.4. The number of carbonyl (C=O) groups excluding carboxylic acids is 2. The van der Waals surface area contributed by atoms with E-state index in [1.54, 1.807) is 33.8 Å². The zero-order valence-electron chi connectivity index (χ0n) is 21.3. The lowest BCUT2D eigenvalue weighted by molar-refractivity contribution is -0.143. The Morgan fingerprint density at radius 3 is 2.27 bits per heavy atom. The van der Waals surface area contributed by atoms with Crippen molar-refractivity contribution >= 4 is 28.8 Å². The van der Waals surface area contributed by atoms with Crippen molar-refractivity contribution in [2.45, 2.75) is 59.0 Å². The van der Waals surface area contributed by atoms with E-state index < -0.39 is 35.5 Å². The van der Waals surface area contributed by atoms with Crippen molar-refractivity contribution in [1.82, 2.24) is 10.6 Å². The van der Waals surface area contributed by atoms with E-state index >= 15 is 0 Å². The number of aryl methyl sites for hydroxylation is 2. The van der Waals surface area contributed by atoms with Gasteiger partial charge in [-0.15, -0.1) is 0 Å². The molecule has 37 heavy (non-hydrogen) atoms. The van der Waals surface area contributed by atoms with Gasteiger partial charge >= 0.3 is 11.6 Å². The minimum absolute atomic E-state index is 0.0208. The van der Waals surface area contributed by atoms with Crippen molar-refractivity contribution in [3.8, 4) is 5.75 Å². The molecule has 0 fully saturated rings. The standard InChI is InChI=1S/C28H32N2O7/c1-15(2)24(27(34)35)30-26(33)21(14-18-8-6-5-7-9-18)29-23(32)13-11-20-16(3)19-10-12-22(31)17(4)25(19)37-28(20)36/h5-10,12,15,21,24,31H,11,13-14H2,1-4H3,(H,29,32)(H,30,33)(H,34,35)/t21-,24-/m1/s1. The lowest BCUT2D eigenvalue weighted by atomic mass is 9.99. The Balaban J connectivity index is 1.78. The molecule has 1 heterocycles. The second kappa shape index (κ2) is 11.7. The van der Waals surface area contributed by atoms with Crippen molar-refractivity contribution in [2.24, 2.45) is 5.92 Å². The number of benzene rings is 2. The highest BCUT2D eigenvalue weighted by molar-refractivity contribution is 5.91. The largest absolute Gasteiger partial charge is 0.508 e. The number of aliphatic carboxylic acids is 1. The van der Waals surface area contributed by atoms with Gasteiger partial charge in [0, 0.05) is 29.4 Å². The van der Waals surface area contributed by atoms with Crippen LogP contribution in [0.4, 0.5) is 0 Å². The number of carbonyl (C=O) groups is 3. The predicted octanol–water partition coefficient (Wildman–Crippen LogP) is 3.00. The Bertz CT molecular complexity index is 1360. The van der Waals surface area contributed by atoms with E-state index in [0.29, 0.717) is 27.7 Å². The van der Waals surface area contributed by atoms with Crippen LogP contribution in [-0.4, -0.2) is 40.1 Å². The number of hydrogen-bond acceptors (Lipinski definition) is 6. The molecule has 0 bridgehead atoms. The number of carboxylic acids is 1. The number of hydrogen-bond donors (Lipinski definition) is 4. The van der Waals surface area contributed by atoms with E-state index in [1.165, 1.54) is 6.07 Å². The second-order valence-corrected chi connectivity index (χ2v) is 9.46. The number of fused-ring (bicyclic) bond motifs is 1. The molecular weight excluding hydrogens is 476 g/mol. The minimum Gasteiger partial charge on any atom is -0.508 e. The maximum atomic E-state index is 13.0. The molecule has 0 saturated heterocycles. The first-order valence-corrected chi connectivity index (χ1v) is 12.1. The zero-order chi connectivity index (χ0) is 27.3. The van der Waals surface area contributed by atoms with Crippen LogP contribution in [0.25, 0.3) is 11.0 Å². The van der Waals surface area contributed by atoms with E-state index in [1.807, 2.05) is 30.3 Å². The molecule has 0 radical (unpaired) electrons. The number of phenolic OH excluding ortho intramolecular Hbond substituents is 1. The molecule has 9 nitrogen and oxygen atoms in total. The summed E-state index contributed by atoms with van der Waals surface area (Å²) in [7, 11) is 0. The lowest BCUT2D eigenvalue weighted by Gasteiger charge is -2.23. The van der Waals surface area contributed by atoms with Crippen LogP contribution < -0.4 is 16.3 Å². The maximum absolute atomic E-state index is 13.0. The molecule has 3 rings (SSSR count). The van der Waals surface area contributed by atoms with Gasteiger partial charge < -0.3 is 25.3 Å². The summed E-state index contributed by atoms with van der Waals surface area (Å²) in [6, 6.07) is 10.2. The highest BCUT2D eigenvalue weighted by atomic mass is 16.4. The van der Waals surface area contributed by atoms with E-state index in [9.17, 15) is 29.4 Å². The van der Waals surface area contributed by atoms with E-state index in [0.717, 1.165) is 5.56 Å². The summed E-state index contributed by atoms with van der Waals surface area (Å²) in [6.45, 7) is 6.78. The van der Waals surface area contributed by atoms with Gasteiger partial charge in [-0.1, -0.05) is 44.2 Å². The molecule has 0 aliphatic heterocycles. The molecule has 2 aromatic carbocycles. The maximum Gasteiger partial charge on any atom is 0.339 e. The topological polar surface area (TPSA) is 146 Å². The molecule has 0 saturated carbocycles. The minimum atomic E-state index is -1.16. The fraction of sp³-hybridized carbons (Fsp3) is 0.357. The van der Waals surface area contributed by atoms with E-state index in [4.69, 9.17) is 4.42 Å². The van der Waals surface area contributed by atoms with Crippen molar-refractivity contribution in [1.29, 1.82) is 0 Å². The number of rotatable bonds is 10. The fourth-order valence-electron chi connectivity index (χ4n) is 4.20. The van der Waals surface area contributed by atoms with Crippen LogP contribution in [0.1, 0.15) is 42.5 Å². The smallest absolute Gasteiger partial charge is 0.339 e. The van der Waals surface area contributed by atoms with Crippen molar-refractivity contribution in [3.63, 3.8) is 0 Å². The monoisotopic (exact) mass is 508 g/mol. The number of carboxylic acid groups (broad SMARTS) is 1. The SMILES string of the molecule is Cc1c(CCC(=O)N[C@H](Cc2ccccc2)C(=O)N[C@@H](C(=O)O)C(C)C)c(=O)oc2c(C)c(O)ccc12. The summed E-state index contributed by atoms with van der Waals surface area (Å²) >= 11 is 0. The molecular formula is C28H32N2O7. The van der Waals surface area contributed by atoms with E-state index in [-0.39, 0.29) is 30.9 Å². The molecule has 2 amide bonds. The summed E-state index contributed by atoms with van der Waals surface area (Å²) < 4.78 is 5.44. The number of nitrogens with one attached hydrogen (secondary N) is 2. The Labute approximate surface area is 214 Å². The molecule has 0 aliphatic carbocycles. The molecule has 1 aromatic heterocycles. The van der Waals surface area contributed by atoms with Gasteiger partial charge in [0.25, 0.3) is 0 Å². The Hall–Kier alpha value is -4.14. The van der Waals surface area contributed by atoms with Gasteiger partial charge in [-0.2, -0.15) is 0 Å². The Kier molecular flexibility index (Phi) is 8.70. The zero-order valence-corrected chi connectivity index (χ0v) is 21.3. The molecule has 9 heteroatoms. The van der Waals surface area contributed by atoms with Crippen LogP contribution in [0.3, 0.4) is 0 Å². The average molecular weight is 509 g/mol. The van der Waals surface area contributed by atoms with Crippen LogP contribution in [0, 0.1) is 19.8 Å². The van der Waals surface area contributed by atoms with Gasteiger partial charge in [0.15, 0.2) is 0 Å². The molecule has 0 spiro atoms. The van der Waals surface area contributed by atoms with Gasteiger partial charge in [-0.25, -0.2) is 9.59 Å². The average Bonchev–Trinajstić information content (AvgIpc) is 2.84. The van der Waals surface area contributed by atoms with Crippen LogP contribution in [-0.2, 0) is 27.2 Å². The third-order valence-electron chi connectivity index (χ3n) is 6.44. The van der Waals surface area contributed by atoms with Crippen LogP contribution >= 0.6 is 0 Å². The van der Waals surface area contributed by atoms with Crippen LogP contribution in [0.15, 0.2) is 51.7 Å². The van der Waals surface area contributed by atoms with Gasteiger partial charge in [0.1, 0.15) is 23.4 Å². The van der Waals surface area contributed by atoms with Crippen LogP contribution in [0.5, 0.6) is 5.75 Å². The molecule has 0 aliphatic rings. The number of aromatic hydroxyl groups is 1. The van der Waals surface area contributed by atoms with Gasteiger partial charge in [0.2, 0.25) is 11.8 Å². The Morgan fingerprint density at radius 2 is 1.65 bits per heavy atom. The van der Waals surface area contributed by atoms with Crippen molar-refractivity contribution in [3.05, 3.63) is 75.1 Å². The molecule has 3 aromatic rings. The second-order valence-electron chi connectivity index (χ2n) is 9.46. The summed E-state index contributed by atoms with van der Waals surface area (Å²) in [6.07, 6.45) is 0.168. The van der Waals surface area contributed by atoms with Gasteiger partial charge in [0.05, 0.1) is 0 Å². The lowest BCUT2D eigenvalue weighted by Crippen LogP contribution is -2.53. The van der Waals surface area contributed by atoms with Crippen molar-refractivity contribution in [2.75, 3.05) is 0 Å². The molecule has 196 valence electrons. The van der Waals surface area contributed by atoms with Crippen LogP contribution in [0.2, 0.25) is 0 Å². The first-order chi connectivity index (χ1) is 17.5. The van der Waals surface area contributed by atoms with Gasteiger partial charge in [-0.3, -0.25) is 9.59 Å². The van der Waals surface area contributed by atoms with E-state index in [2.05, 4.69) is 10.6 Å². The third-order valence-corrected chi connectivity index (χ3v) is 6.44. The number of phenols is 1. The summed E-state index contributed by atoms with van der Waals surface area (Å²) in [4.78, 5) is 50.1. The normalized spacial score (nSPS) is 12.8. The fourth-order valence-corrected chi connectivity index (χ4v) is 4.20. The Morgan fingerprint density at radius 1 is 0.973 bits per heavy atom. The van der Waals surface area contributed by atoms with Crippen molar-refractivity contribution < 1.29 is 29.0 Å². The van der Waals surface area contributed by atoms with Gasteiger partial charge in [-0.05, 0) is 49.4 Å². The highest BCUT2D eigenvalue weighted by Gasteiger charge is 2.29. The molecule has 2 atom stereocenters. The predicted molar refractivity (Wildman–Crippen MR) is 138 cm³/mol. The molecule has 0 unspecified atom stereocenters. The third kappa shape index (κ3) is 6.55. The number of amides is 2. The quantitative estimate of drug-likeness (QED) is 0.308. The molecule has 4 N–H and O–H groups in total. The first-order valence-electron chi connectivity index (χ1n) is 12.1. The summed E-state index contributed by atoms with van der Waals surface area (Å²) in [5.41, 5.74) is 1.95. The summed E-state index contributed by atoms with van der Waals surface area (Å²) in [5.74, 6) is -2.55. The highest BCUT2D eigenvalue weighted by Crippen LogP contribution is 2.28. The summed E-state index contributed by atoms with van der Waals surface area (Å²) in [5, 5.41) is 25.3.